The van der Waals surface area contributed by atoms with E-state index in [1.54, 1.807) is 16.4 Å². The lowest BCUT2D eigenvalue weighted by Crippen LogP contribution is -2.36. The molecule has 2 aliphatic rings. The highest BCUT2D eigenvalue weighted by Crippen LogP contribution is 2.47. The van der Waals surface area contributed by atoms with Gasteiger partial charge in [0, 0.05) is 4.88 Å². The third-order valence-corrected chi connectivity index (χ3v) is 6.18. The van der Waals surface area contributed by atoms with E-state index in [2.05, 4.69) is 0 Å². The molecule has 3 heterocycles. The fourth-order valence-electron chi connectivity index (χ4n) is 3.94. The molecule has 2 amide bonds. The van der Waals surface area contributed by atoms with Crippen LogP contribution in [-0.2, 0) is 21.0 Å². The van der Waals surface area contributed by atoms with Crippen molar-refractivity contribution in [1.29, 1.82) is 0 Å². The van der Waals surface area contributed by atoms with E-state index in [1.807, 2.05) is 78.2 Å². The summed E-state index contributed by atoms with van der Waals surface area (Å²) in [5.41, 5.74) is 1.77. The molecule has 0 radical (unpaired) electrons. The highest BCUT2D eigenvalue weighted by Gasteiger charge is 2.60. The smallest absolute Gasteiger partial charge is 0.262 e. The lowest BCUT2D eigenvalue weighted by molar-refractivity contribution is -0.143. The number of carbonyl (C=O) groups is 2. The summed E-state index contributed by atoms with van der Waals surface area (Å²) < 4.78 is 0. The van der Waals surface area contributed by atoms with Crippen LogP contribution < -0.4 is 5.06 Å². The van der Waals surface area contributed by atoms with Crippen LogP contribution in [0.1, 0.15) is 16.5 Å². The molecule has 3 atom stereocenters. The van der Waals surface area contributed by atoms with Crippen LogP contribution in [0.4, 0.5) is 5.69 Å². The first-order chi connectivity index (χ1) is 13.7. The standard InChI is InChI=1S/C22H18N2O3S/c25-21-18-19(17-12-7-13-28-17)24(16-10-5-2-6-11-16)27-20(18)22(26)23(21)14-15-8-3-1-4-9-15/h1-13,18-20H,14H2/t18-,19+,20-/m0/s1. The number of benzene rings is 2. The van der Waals surface area contributed by atoms with Crippen LogP contribution in [0, 0.1) is 5.92 Å². The molecule has 0 aliphatic carbocycles. The summed E-state index contributed by atoms with van der Waals surface area (Å²) in [5, 5.41) is 3.71. The molecular formula is C22H18N2O3S. The highest BCUT2D eigenvalue weighted by molar-refractivity contribution is 7.10. The molecule has 5 nitrogen and oxygen atoms in total. The van der Waals surface area contributed by atoms with Crippen molar-refractivity contribution in [3.63, 3.8) is 0 Å². The lowest BCUT2D eigenvalue weighted by atomic mass is 9.95. The molecule has 1 aromatic heterocycles. The number of anilines is 1. The predicted octanol–water partition coefficient (Wildman–Crippen LogP) is 3.79. The van der Waals surface area contributed by atoms with Crippen LogP contribution in [0.2, 0.25) is 0 Å². The van der Waals surface area contributed by atoms with Gasteiger partial charge in [-0.25, -0.2) is 5.06 Å². The fraction of sp³-hybridized carbons (Fsp3) is 0.182. The number of hydrogen-bond donors (Lipinski definition) is 0. The topological polar surface area (TPSA) is 49.9 Å². The van der Waals surface area contributed by atoms with E-state index >= 15 is 0 Å². The Morgan fingerprint density at radius 3 is 2.25 bits per heavy atom. The molecule has 2 aromatic carbocycles. The zero-order valence-electron chi connectivity index (χ0n) is 15.0. The third-order valence-electron chi connectivity index (χ3n) is 5.24. The summed E-state index contributed by atoms with van der Waals surface area (Å²) in [7, 11) is 0. The Morgan fingerprint density at radius 1 is 0.857 bits per heavy atom. The monoisotopic (exact) mass is 390 g/mol. The average Bonchev–Trinajstić information content (AvgIpc) is 3.44. The van der Waals surface area contributed by atoms with Crippen LogP contribution in [0.3, 0.4) is 0 Å². The number of thiophene rings is 1. The van der Waals surface area contributed by atoms with Gasteiger partial charge < -0.3 is 0 Å². The number of carbonyl (C=O) groups excluding carboxylic acids is 2. The van der Waals surface area contributed by atoms with Gasteiger partial charge in [-0.15, -0.1) is 11.3 Å². The van der Waals surface area contributed by atoms with Gasteiger partial charge in [0.15, 0.2) is 6.10 Å². The van der Waals surface area contributed by atoms with E-state index in [-0.39, 0.29) is 24.4 Å². The van der Waals surface area contributed by atoms with E-state index in [4.69, 9.17) is 4.84 Å². The first kappa shape index (κ1) is 17.2. The normalized spacial score (nSPS) is 24.1. The number of amides is 2. The Hall–Kier alpha value is -2.96. The van der Waals surface area contributed by atoms with Crippen molar-refractivity contribution in [2.75, 3.05) is 5.06 Å². The van der Waals surface area contributed by atoms with E-state index in [0.29, 0.717) is 0 Å². The predicted molar refractivity (Wildman–Crippen MR) is 106 cm³/mol. The van der Waals surface area contributed by atoms with Gasteiger partial charge in [0.2, 0.25) is 5.91 Å². The summed E-state index contributed by atoms with van der Waals surface area (Å²) in [6.45, 7) is 0.275. The second kappa shape index (κ2) is 6.89. The molecule has 2 fully saturated rings. The van der Waals surface area contributed by atoms with Crippen molar-refractivity contribution in [3.05, 3.63) is 88.6 Å². The Bertz CT molecular complexity index is 991. The first-order valence-electron chi connectivity index (χ1n) is 9.17. The lowest BCUT2D eigenvalue weighted by Gasteiger charge is -2.27. The minimum absolute atomic E-state index is 0.171. The zero-order valence-corrected chi connectivity index (χ0v) is 15.8. The number of hydroxylamine groups is 1. The number of fused-ring (bicyclic) bond motifs is 1. The van der Waals surface area contributed by atoms with Gasteiger partial charge in [0.05, 0.1) is 12.2 Å². The zero-order chi connectivity index (χ0) is 19.1. The molecule has 140 valence electrons. The maximum atomic E-state index is 13.3. The number of rotatable bonds is 4. The van der Waals surface area contributed by atoms with Crippen LogP contribution in [0.25, 0.3) is 0 Å². The van der Waals surface area contributed by atoms with Gasteiger partial charge in [-0.1, -0.05) is 54.6 Å². The Kier molecular flexibility index (Phi) is 4.22. The highest BCUT2D eigenvalue weighted by atomic mass is 32.1. The number of nitrogens with zero attached hydrogens (tertiary/aromatic N) is 2. The molecule has 0 spiro atoms. The van der Waals surface area contributed by atoms with E-state index < -0.39 is 12.0 Å². The molecule has 6 heteroatoms. The largest absolute Gasteiger partial charge is 0.275 e. The van der Waals surface area contributed by atoms with Crippen molar-refractivity contribution < 1.29 is 14.4 Å². The summed E-state index contributed by atoms with van der Waals surface area (Å²) in [4.78, 5) is 34.8. The van der Waals surface area contributed by atoms with E-state index in [9.17, 15) is 9.59 Å². The van der Waals surface area contributed by atoms with E-state index in [0.717, 1.165) is 16.1 Å². The Balaban J connectivity index is 1.50. The Morgan fingerprint density at radius 2 is 1.57 bits per heavy atom. The average molecular weight is 390 g/mol. The van der Waals surface area contributed by atoms with Crippen molar-refractivity contribution >= 4 is 28.8 Å². The maximum Gasteiger partial charge on any atom is 0.262 e. The van der Waals surface area contributed by atoms with Gasteiger partial charge in [-0.2, -0.15) is 0 Å². The van der Waals surface area contributed by atoms with Gasteiger partial charge in [-0.3, -0.25) is 19.3 Å². The van der Waals surface area contributed by atoms with Crippen molar-refractivity contribution in [2.45, 2.75) is 18.7 Å². The van der Waals surface area contributed by atoms with Crippen LogP contribution in [-0.4, -0.2) is 22.8 Å². The third kappa shape index (κ3) is 2.73. The second-order valence-electron chi connectivity index (χ2n) is 6.92. The molecular weight excluding hydrogens is 372 g/mol. The van der Waals surface area contributed by atoms with Gasteiger partial charge in [0.25, 0.3) is 5.91 Å². The molecule has 0 unspecified atom stereocenters. The number of likely N-dealkylation sites (tertiary alicyclic amines) is 1. The quantitative estimate of drug-likeness (QED) is 0.636. The molecule has 3 aromatic rings. The molecule has 0 saturated carbocycles. The SMILES string of the molecule is O=C1[C@@H]2[C@H](ON(c3ccccc3)[C@@H]2c2cccs2)C(=O)N1Cc1ccccc1. The second-order valence-corrected chi connectivity index (χ2v) is 7.90. The van der Waals surface area contributed by atoms with Gasteiger partial charge >= 0.3 is 0 Å². The number of para-hydroxylation sites is 1. The summed E-state index contributed by atoms with van der Waals surface area (Å²) >= 11 is 1.57. The molecule has 28 heavy (non-hydrogen) atoms. The summed E-state index contributed by atoms with van der Waals surface area (Å²) in [6.07, 6.45) is -0.788. The van der Waals surface area contributed by atoms with Crippen LogP contribution >= 0.6 is 11.3 Å². The van der Waals surface area contributed by atoms with Gasteiger partial charge in [-0.05, 0) is 29.1 Å². The minimum atomic E-state index is -0.788. The molecule has 2 saturated heterocycles. The number of hydrogen-bond acceptors (Lipinski definition) is 5. The Labute approximate surface area is 166 Å². The first-order valence-corrected chi connectivity index (χ1v) is 10.1. The van der Waals surface area contributed by atoms with Crippen LogP contribution in [0.15, 0.2) is 78.2 Å². The molecule has 0 N–H and O–H groups in total. The van der Waals surface area contributed by atoms with Crippen molar-refractivity contribution in [2.24, 2.45) is 5.92 Å². The molecule has 0 bridgehead atoms. The van der Waals surface area contributed by atoms with E-state index in [1.165, 1.54) is 4.90 Å². The van der Waals surface area contributed by atoms with Gasteiger partial charge in [0.1, 0.15) is 12.0 Å². The molecule has 2 aliphatic heterocycles. The minimum Gasteiger partial charge on any atom is -0.275 e. The fourth-order valence-corrected chi connectivity index (χ4v) is 4.79. The van der Waals surface area contributed by atoms with Crippen molar-refractivity contribution in [3.8, 4) is 0 Å². The van der Waals surface area contributed by atoms with Crippen molar-refractivity contribution in [1.82, 2.24) is 4.90 Å². The maximum absolute atomic E-state index is 13.3. The summed E-state index contributed by atoms with van der Waals surface area (Å²) in [5.74, 6) is -0.982. The van der Waals surface area contributed by atoms with Crippen LogP contribution in [0.5, 0.6) is 0 Å². The number of imide groups is 1. The summed E-state index contributed by atoms with van der Waals surface area (Å²) in [6, 6.07) is 22.8. The molecule has 5 rings (SSSR count).